The highest BCUT2D eigenvalue weighted by atomic mass is 79.9. The third-order valence-corrected chi connectivity index (χ3v) is 5.45. The van der Waals surface area contributed by atoms with Gasteiger partial charge in [-0.05, 0) is 55.0 Å². The molecule has 0 saturated heterocycles. The summed E-state index contributed by atoms with van der Waals surface area (Å²) < 4.78 is 14.4. The standard InChI is InChI=1S/C23H18BrFN2O2/c1-14-2-4-16(5-3-14)23(29)27-13-21(28)26-20-11-8-17(24)12-19(20)22(27)15-6-9-18(25)10-7-15/h2-12,22H,13H2,1H3,(H,26,28). The van der Waals surface area contributed by atoms with E-state index in [4.69, 9.17) is 0 Å². The minimum absolute atomic E-state index is 0.110. The van der Waals surface area contributed by atoms with Crippen molar-refractivity contribution in [3.8, 4) is 0 Å². The topological polar surface area (TPSA) is 49.4 Å². The minimum atomic E-state index is -0.546. The second-order valence-electron chi connectivity index (χ2n) is 7.03. The van der Waals surface area contributed by atoms with E-state index in [1.165, 1.54) is 17.0 Å². The van der Waals surface area contributed by atoms with Gasteiger partial charge in [-0.25, -0.2) is 4.39 Å². The van der Waals surface area contributed by atoms with Crippen LogP contribution in [0.15, 0.2) is 71.2 Å². The number of halogens is 2. The first-order valence-electron chi connectivity index (χ1n) is 9.15. The molecule has 146 valence electrons. The van der Waals surface area contributed by atoms with E-state index in [0.29, 0.717) is 11.3 Å². The lowest BCUT2D eigenvalue weighted by Gasteiger charge is -2.31. The van der Waals surface area contributed by atoms with Crippen LogP contribution in [0, 0.1) is 12.7 Å². The van der Waals surface area contributed by atoms with Crippen LogP contribution in [0.1, 0.15) is 33.1 Å². The molecule has 4 nitrogen and oxygen atoms in total. The van der Waals surface area contributed by atoms with E-state index in [1.807, 2.05) is 31.2 Å². The number of nitrogens with one attached hydrogen (secondary N) is 1. The van der Waals surface area contributed by atoms with Crippen molar-refractivity contribution in [2.45, 2.75) is 13.0 Å². The summed E-state index contributed by atoms with van der Waals surface area (Å²) in [5, 5.41) is 2.88. The number of hydrogen-bond acceptors (Lipinski definition) is 2. The average molecular weight is 453 g/mol. The molecule has 1 unspecified atom stereocenters. The first-order valence-corrected chi connectivity index (χ1v) is 9.94. The van der Waals surface area contributed by atoms with Gasteiger partial charge in [0.25, 0.3) is 5.91 Å². The first kappa shape index (κ1) is 19.3. The second-order valence-corrected chi connectivity index (χ2v) is 7.95. The molecule has 0 saturated carbocycles. The molecule has 0 aromatic heterocycles. The number of rotatable bonds is 2. The van der Waals surface area contributed by atoms with Crippen LogP contribution in [-0.4, -0.2) is 23.3 Å². The van der Waals surface area contributed by atoms with Gasteiger partial charge in [0.15, 0.2) is 0 Å². The fourth-order valence-electron chi connectivity index (χ4n) is 3.53. The fourth-order valence-corrected chi connectivity index (χ4v) is 3.91. The van der Waals surface area contributed by atoms with E-state index in [9.17, 15) is 14.0 Å². The predicted octanol–water partition coefficient (Wildman–Crippen LogP) is 5.08. The summed E-state index contributed by atoms with van der Waals surface area (Å²) in [5.74, 6) is -0.900. The zero-order valence-electron chi connectivity index (χ0n) is 15.7. The van der Waals surface area contributed by atoms with Gasteiger partial charge in [0.05, 0.1) is 6.04 Å². The summed E-state index contributed by atoms with van der Waals surface area (Å²) in [6, 6.07) is 18.2. The van der Waals surface area contributed by atoms with Crippen molar-refractivity contribution < 1.29 is 14.0 Å². The van der Waals surface area contributed by atoms with Crippen LogP contribution >= 0.6 is 15.9 Å². The summed E-state index contributed by atoms with van der Waals surface area (Å²) in [5.41, 5.74) is 3.65. The van der Waals surface area contributed by atoms with Crippen LogP contribution in [0.3, 0.4) is 0 Å². The molecule has 3 aromatic rings. The van der Waals surface area contributed by atoms with Gasteiger partial charge < -0.3 is 10.2 Å². The number of nitrogens with zero attached hydrogens (tertiary/aromatic N) is 1. The molecule has 1 N–H and O–H groups in total. The lowest BCUT2D eigenvalue weighted by atomic mass is 9.95. The molecule has 2 amide bonds. The van der Waals surface area contributed by atoms with Crippen molar-refractivity contribution in [2.24, 2.45) is 0 Å². The molecular weight excluding hydrogens is 435 g/mol. The van der Waals surface area contributed by atoms with Crippen molar-refractivity contribution in [1.29, 1.82) is 0 Å². The Labute approximate surface area is 176 Å². The van der Waals surface area contributed by atoms with Crippen LogP contribution in [0.4, 0.5) is 10.1 Å². The molecule has 1 heterocycles. The Morgan fingerprint density at radius 3 is 2.45 bits per heavy atom. The summed E-state index contributed by atoms with van der Waals surface area (Å²) in [6.07, 6.45) is 0. The maximum absolute atomic E-state index is 13.6. The minimum Gasteiger partial charge on any atom is -0.324 e. The molecule has 0 radical (unpaired) electrons. The average Bonchev–Trinajstić information content (AvgIpc) is 2.84. The smallest absolute Gasteiger partial charge is 0.255 e. The van der Waals surface area contributed by atoms with Crippen LogP contribution in [-0.2, 0) is 4.79 Å². The van der Waals surface area contributed by atoms with Crippen LogP contribution in [0.25, 0.3) is 0 Å². The van der Waals surface area contributed by atoms with Crippen molar-refractivity contribution in [3.05, 3.63) is 99.3 Å². The van der Waals surface area contributed by atoms with Crippen LogP contribution in [0.5, 0.6) is 0 Å². The predicted molar refractivity (Wildman–Crippen MR) is 113 cm³/mol. The maximum Gasteiger partial charge on any atom is 0.255 e. The van der Waals surface area contributed by atoms with Gasteiger partial charge in [-0.2, -0.15) is 0 Å². The Morgan fingerprint density at radius 1 is 1.07 bits per heavy atom. The van der Waals surface area contributed by atoms with Gasteiger partial charge in [0.1, 0.15) is 12.4 Å². The van der Waals surface area contributed by atoms with E-state index >= 15 is 0 Å². The number of fused-ring (bicyclic) bond motifs is 1. The van der Waals surface area contributed by atoms with Crippen LogP contribution in [0.2, 0.25) is 0 Å². The third kappa shape index (κ3) is 3.93. The van der Waals surface area contributed by atoms with Crippen molar-refractivity contribution in [1.82, 2.24) is 4.90 Å². The Hall–Kier alpha value is -2.99. The second kappa shape index (κ2) is 7.79. The third-order valence-electron chi connectivity index (χ3n) is 4.95. The molecule has 0 spiro atoms. The Balaban J connectivity index is 1.88. The molecular formula is C23H18BrFN2O2. The molecule has 1 aliphatic rings. The summed E-state index contributed by atoms with van der Waals surface area (Å²) >= 11 is 3.48. The number of carbonyl (C=O) groups excluding carboxylic acids is 2. The zero-order chi connectivity index (χ0) is 20.5. The molecule has 4 rings (SSSR count). The van der Waals surface area contributed by atoms with Gasteiger partial charge in [-0.1, -0.05) is 45.8 Å². The van der Waals surface area contributed by atoms with Crippen LogP contribution < -0.4 is 5.32 Å². The normalized spacial score (nSPS) is 16.0. The number of aryl methyl sites for hydroxylation is 1. The van der Waals surface area contributed by atoms with Gasteiger partial charge in [-0.3, -0.25) is 9.59 Å². The number of carbonyl (C=O) groups is 2. The monoisotopic (exact) mass is 452 g/mol. The van der Waals surface area contributed by atoms with E-state index in [-0.39, 0.29) is 24.2 Å². The van der Waals surface area contributed by atoms with E-state index in [0.717, 1.165) is 21.2 Å². The zero-order valence-corrected chi connectivity index (χ0v) is 17.2. The van der Waals surface area contributed by atoms with Crippen molar-refractivity contribution in [3.63, 3.8) is 0 Å². The van der Waals surface area contributed by atoms with Gasteiger partial charge in [-0.15, -0.1) is 0 Å². The van der Waals surface area contributed by atoms with Crippen molar-refractivity contribution in [2.75, 3.05) is 11.9 Å². The quantitative estimate of drug-likeness (QED) is 0.589. The lowest BCUT2D eigenvalue weighted by molar-refractivity contribution is -0.117. The highest BCUT2D eigenvalue weighted by molar-refractivity contribution is 9.10. The maximum atomic E-state index is 13.6. The summed E-state index contributed by atoms with van der Waals surface area (Å²) in [6.45, 7) is 1.84. The Morgan fingerprint density at radius 2 is 1.76 bits per heavy atom. The molecule has 29 heavy (non-hydrogen) atoms. The Kier molecular flexibility index (Phi) is 5.20. The molecule has 3 aromatic carbocycles. The lowest BCUT2D eigenvalue weighted by Crippen LogP contribution is -2.39. The molecule has 6 heteroatoms. The van der Waals surface area contributed by atoms with E-state index in [2.05, 4.69) is 21.2 Å². The van der Waals surface area contributed by atoms with E-state index < -0.39 is 6.04 Å². The first-order chi connectivity index (χ1) is 13.9. The number of benzene rings is 3. The molecule has 0 bridgehead atoms. The van der Waals surface area contributed by atoms with Crippen molar-refractivity contribution >= 4 is 33.4 Å². The van der Waals surface area contributed by atoms with Gasteiger partial charge in [0, 0.05) is 21.3 Å². The summed E-state index contributed by atoms with van der Waals surface area (Å²) in [7, 11) is 0. The van der Waals surface area contributed by atoms with Gasteiger partial charge >= 0.3 is 0 Å². The molecule has 0 fully saturated rings. The van der Waals surface area contributed by atoms with E-state index in [1.54, 1.807) is 30.3 Å². The summed E-state index contributed by atoms with van der Waals surface area (Å²) in [4.78, 5) is 27.5. The highest BCUT2D eigenvalue weighted by Gasteiger charge is 2.34. The largest absolute Gasteiger partial charge is 0.324 e. The van der Waals surface area contributed by atoms with Gasteiger partial charge in [0.2, 0.25) is 5.91 Å². The number of anilines is 1. The Bertz CT molecular complexity index is 1080. The number of amides is 2. The molecule has 1 atom stereocenters. The fraction of sp³-hybridized carbons (Fsp3) is 0.130. The molecule has 1 aliphatic heterocycles. The highest BCUT2D eigenvalue weighted by Crippen LogP contribution is 2.38. The SMILES string of the molecule is Cc1ccc(C(=O)N2CC(=O)Nc3ccc(Br)cc3C2c2ccc(F)cc2)cc1. The number of hydrogen-bond donors (Lipinski definition) is 1. The molecule has 0 aliphatic carbocycles.